The lowest BCUT2D eigenvalue weighted by Crippen LogP contribution is -2.32. The third kappa shape index (κ3) is 4.38. The van der Waals surface area contributed by atoms with Crippen LogP contribution in [0.4, 0.5) is 11.8 Å². The van der Waals surface area contributed by atoms with Gasteiger partial charge in [0, 0.05) is 19.3 Å². The number of nitrogens with zero attached hydrogens (tertiary/aromatic N) is 2. The maximum atomic E-state index is 11.7. The Morgan fingerprint density at radius 3 is 2.60 bits per heavy atom. The van der Waals surface area contributed by atoms with E-state index >= 15 is 0 Å². The maximum Gasteiger partial charge on any atom is 0.254 e. The Morgan fingerprint density at radius 1 is 1.24 bits per heavy atom. The third-order valence-electron chi connectivity index (χ3n) is 5.20. The van der Waals surface area contributed by atoms with Gasteiger partial charge in [0.05, 0.1) is 23.8 Å². The zero-order chi connectivity index (χ0) is 17.8. The van der Waals surface area contributed by atoms with Crippen LogP contribution >= 0.6 is 0 Å². The van der Waals surface area contributed by atoms with Gasteiger partial charge in [-0.25, -0.2) is 4.98 Å². The molecule has 138 valence electrons. The van der Waals surface area contributed by atoms with E-state index in [1.54, 1.807) is 7.11 Å². The van der Waals surface area contributed by atoms with Gasteiger partial charge in [-0.3, -0.25) is 4.79 Å². The summed E-state index contributed by atoms with van der Waals surface area (Å²) in [4.78, 5) is 20.3. The van der Waals surface area contributed by atoms with Gasteiger partial charge < -0.3 is 26.2 Å². The van der Waals surface area contributed by atoms with Crippen molar-refractivity contribution in [2.75, 3.05) is 17.7 Å². The van der Waals surface area contributed by atoms with Crippen LogP contribution in [0, 0.1) is 0 Å². The fraction of sp³-hybridized carbons (Fsp3) is 0.706. The van der Waals surface area contributed by atoms with Gasteiger partial charge in [0.2, 0.25) is 5.95 Å². The minimum atomic E-state index is -0.581. The first-order valence-electron chi connectivity index (χ1n) is 8.97. The van der Waals surface area contributed by atoms with Crippen LogP contribution < -0.4 is 16.4 Å². The van der Waals surface area contributed by atoms with Crippen molar-refractivity contribution in [3.63, 3.8) is 0 Å². The third-order valence-corrected chi connectivity index (χ3v) is 5.20. The highest BCUT2D eigenvalue weighted by atomic mass is 16.5. The molecule has 2 saturated carbocycles. The first-order chi connectivity index (χ1) is 12.1. The van der Waals surface area contributed by atoms with Crippen molar-refractivity contribution < 1.29 is 14.6 Å². The second-order valence-electron chi connectivity index (χ2n) is 6.92. The summed E-state index contributed by atoms with van der Waals surface area (Å²) >= 11 is 0. The van der Waals surface area contributed by atoms with Gasteiger partial charge in [-0.2, -0.15) is 4.98 Å². The van der Waals surface area contributed by atoms with Gasteiger partial charge in [0.25, 0.3) is 5.91 Å². The van der Waals surface area contributed by atoms with Crippen molar-refractivity contribution >= 4 is 17.7 Å². The quantitative estimate of drug-likeness (QED) is 0.610. The number of carbonyl (C=O) groups is 1. The zero-order valence-electron chi connectivity index (χ0n) is 14.6. The molecule has 3 rings (SSSR count). The summed E-state index contributed by atoms with van der Waals surface area (Å²) in [5.41, 5.74) is 5.68. The fourth-order valence-corrected chi connectivity index (χ4v) is 3.65. The summed E-state index contributed by atoms with van der Waals surface area (Å²) in [5.74, 6) is 0.282. The molecule has 2 aliphatic rings. The number of aromatic nitrogens is 2. The summed E-state index contributed by atoms with van der Waals surface area (Å²) in [6, 6.07) is 0.175. The molecular weight excluding hydrogens is 322 g/mol. The van der Waals surface area contributed by atoms with Crippen LogP contribution in [0.25, 0.3) is 0 Å². The normalized spacial score (nSPS) is 29.4. The molecule has 0 aliphatic heterocycles. The number of hydrogen-bond donors (Lipinski definition) is 4. The molecule has 0 radical (unpaired) electrons. The Bertz CT molecular complexity index is 604. The molecule has 0 bridgehead atoms. The SMILES string of the molecule is COC1CCC(Nc2ncc(C(N)=O)c(N[C@@H]3CCC[C@@H]3O)n2)CC1. The van der Waals surface area contributed by atoms with Gasteiger partial charge in [-0.05, 0) is 44.9 Å². The van der Waals surface area contributed by atoms with Gasteiger partial charge >= 0.3 is 0 Å². The summed E-state index contributed by atoms with van der Waals surface area (Å²) in [6.07, 6.45) is 7.88. The van der Waals surface area contributed by atoms with Gasteiger partial charge in [0.15, 0.2) is 0 Å². The lowest BCUT2D eigenvalue weighted by atomic mass is 9.93. The molecule has 1 amide bonds. The monoisotopic (exact) mass is 349 g/mol. The van der Waals surface area contributed by atoms with E-state index < -0.39 is 12.0 Å². The average molecular weight is 349 g/mol. The van der Waals surface area contributed by atoms with Gasteiger partial charge in [0.1, 0.15) is 5.82 Å². The minimum absolute atomic E-state index is 0.113. The highest BCUT2D eigenvalue weighted by molar-refractivity contribution is 5.97. The van der Waals surface area contributed by atoms with Gasteiger partial charge in [-0.15, -0.1) is 0 Å². The highest BCUT2D eigenvalue weighted by Crippen LogP contribution is 2.26. The molecule has 0 aromatic carbocycles. The Hall–Kier alpha value is -1.93. The summed E-state index contributed by atoms with van der Waals surface area (Å²) < 4.78 is 5.39. The van der Waals surface area contributed by atoms with Crippen molar-refractivity contribution in [1.82, 2.24) is 9.97 Å². The van der Waals surface area contributed by atoms with E-state index in [1.807, 2.05) is 0 Å². The van der Waals surface area contributed by atoms with E-state index in [4.69, 9.17) is 10.5 Å². The first kappa shape index (κ1) is 17.9. The molecular formula is C17H27N5O3. The number of primary amides is 1. The predicted octanol–water partition coefficient (Wildman–Crippen LogP) is 1.27. The molecule has 2 aliphatic carbocycles. The summed E-state index contributed by atoms with van der Waals surface area (Å²) in [5, 5.41) is 16.5. The number of rotatable bonds is 6. The second-order valence-corrected chi connectivity index (χ2v) is 6.92. The molecule has 8 nitrogen and oxygen atoms in total. The number of hydrogen-bond acceptors (Lipinski definition) is 7. The maximum absolute atomic E-state index is 11.7. The van der Waals surface area contributed by atoms with Crippen molar-refractivity contribution in [1.29, 1.82) is 0 Å². The molecule has 1 heterocycles. The fourth-order valence-electron chi connectivity index (χ4n) is 3.65. The Morgan fingerprint density at radius 2 is 2.00 bits per heavy atom. The molecule has 25 heavy (non-hydrogen) atoms. The molecule has 2 fully saturated rings. The number of amides is 1. The van der Waals surface area contributed by atoms with E-state index in [0.29, 0.717) is 17.9 Å². The van der Waals surface area contributed by atoms with E-state index in [2.05, 4.69) is 20.6 Å². The predicted molar refractivity (Wildman–Crippen MR) is 94.5 cm³/mol. The average Bonchev–Trinajstić information content (AvgIpc) is 3.00. The highest BCUT2D eigenvalue weighted by Gasteiger charge is 2.27. The van der Waals surface area contributed by atoms with Crippen molar-refractivity contribution in [3.05, 3.63) is 11.8 Å². The van der Waals surface area contributed by atoms with Crippen LogP contribution in [0.3, 0.4) is 0 Å². The molecule has 1 aromatic heterocycles. The number of ether oxygens (including phenoxy) is 1. The molecule has 0 spiro atoms. The van der Waals surface area contributed by atoms with Crippen molar-refractivity contribution in [2.24, 2.45) is 5.73 Å². The summed E-state index contributed by atoms with van der Waals surface area (Å²) in [7, 11) is 1.75. The lowest BCUT2D eigenvalue weighted by molar-refractivity contribution is 0.0681. The largest absolute Gasteiger partial charge is 0.391 e. The molecule has 5 N–H and O–H groups in total. The molecule has 0 unspecified atom stereocenters. The number of anilines is 2. The molecule has 1 aromatic rings. The topological polar surface area (TPSA) is 122 Å². The standard InChI is InChI=1S/C17H27N5O3/c1-25-11-7-5-10(6-8-11)20-17-19-9-12(15(18)24)16(22-17)21-13-3-2-4-14(13)23/h9-11,13-14,23H,2-8H2,1H3,(H2,18,24)(H2,19,20,21,22)/t10?,11?,13-,14+/m1/s1. The smallest absolute Gasteiger partial charge is 0.254 e. The molecule has 8 heteroatoms. The van der Waals surface area contributed by atoms with Crippen LogP contribution in [-0.4, -0.2) is 52.4 Å². The Balaban J connectivity index is 1.70. The Kier molecular flexibility index (Phi) is 5.70. The number of carbonyl (C=O) groups excluding carboxylic acids is 1. The van der Waals surface area contributed by atoms with E-state index in [-0.39, 0.29) is 17.6 Å². The lowest BCUT2D eigenvalue weighted by Gasteiger charge is -2.28. The van der Waals surface area contributed by atoms with Crippen LogP contribution in [0.15, 0.2) is 6.20 Å². The molecule has 2 atom stereocenters. The first-order valence-corrected chi connectivity index (χ1v) is 8.97. The van der Waals surface area contributed by atoms with Crippen LogP contribution in [-0.2, 0) is 4.74 Å². The molecule has 0 saturated heterocycles. The van der Waals surface area contributed by atoms with Crippen LogP contribution in [0.5, 0.6) is 0 Å². The van der Waals surface area contributed by atoms with Crippen LogP contribution in [0.1, 0.15) is 55.3 Å². The number of aliphatic hydroxyl groups excluding tert-OH is 1. The summed E-state index contributed by atoms with van der Waals surface area (Å²) in [6.45, 7) is 0. The van der Waals surface area contributed by atoms with Gasteiger partial charge in [-0.1, -0.05) is 0 Å². The van der Waals surface area contributed by atoms with Crippen molar-refractivity contribution in [3.8, 4) is 0 Å². The van der Waals surface area contributed by atoms with E-state index in [9.17, 15) is 9.90 Å². The van der Waals surface area contributed by atoms with E-state index in [0.717, 1.165) is 44.9 Å². The van der Waals surface area contributed by atoms with Crippen LogP contribution in [0.2, 0.25) is 0 Å². The van der Waals surface area contributed by atoms with E-state index in [1.165, 1.54) is 6.20 Å². The number of methoxy groups -OCH3 is 1. The zero-order valence-corrected chi connectivity index (χ0v) is 14.6. The number of nitrogens with one attached hydrogen (secondary N) is 2. The number of nitrogens with two attached hydrogens (primary N) is 1. The van der Waals surface area contributed by atoms with Crippen molar-refractivity contribution in [2.45, 2.75) is 69.2 Å². The second kappa shape index (κ2) is 7.97. The Labute approximate surface area is 147 Å². The minimum Gasteiger partial charge on any atom is -0.391 e. The number of aliphatic hydroxyl groups is 1.